The molecule has 1 fully saturated rings. The lowest BCUT2D eigenvalue weighted by molar-refractivity contribution is 0.0629. The van der Waals surface area contributed by atoms with E-state index in [1.165, 1.54) is 0 Å². The van der Waals surface area contributed by atoms with Crippen molar-refractivity contribution in [1.29, 1.82) is 0 Å². The minimum atomic E-state index is -0.132. The number of carbonyl (C=O) groups is 1. The molecule has 92 valence electrons. The highest BCUT2D eigenvalue weighted by molar-refractivity contribution is 5.91. The number of pyridine rings is 1. The van der Waals surface area contributed by atoms with Crippen LogP contribution in [0.25, 0.3) is 0 Å². The monoisotopic (exact) mass is 233 g/mol. The highest BCUT2D eigenvalue weighted by Gasteiger charge is 2.37. The summed E-state index contributed by atoms with van der Waals surface area (Å²) in [5.74, 6) is 0.474. The van der Waals surface area contributed by atoms with Gasteiger partial charge in [-0.15, -0.1) is 0 Å². The first-order chi connectivity index (χ1) is 7.99. The van der Waals surface area contributed by atoms with E-state index in [2.05, 4.69) is 31.2 Å². The summed E-state index contributed by atoms with van der Waals surface area (Å²) >= 11 is 0. The molecule has 4 nitrogen and oxygen atoms in total. The van der Waals surface area contributed by atoms with Gasteiger partial charge in [0.05, 0.1) is 0 Å². The second kappa shape index (κ2) is 4.45. The standard InChI is InChI=1S/C13H19N3O/c1-10-8-13(2,3)16(9-10)15-12(17)11-6-4-5-7-14-11/h4-7,10H,8-9H2,1-3H3,(H,15,17)/t10-/m0/s1. The summed E-state index contributed by atoms with van der Waals surface area (Å²) in [6.45, 7) is 7.39. The van der Waals surface area contributed by atoms with Crippen LogP contribution in [0.4, 0.5) is 0 Å². The van der Waals surface area contributed by atoms with E-state index in [1.807, 2.05) is 11.1 Å². The second-order valence-corrected chi connectivity index (χ2v) is 5.39. The van der Waals surface area contributed by atoms with Crippen LogP contribution in [0.3, 0.4) is 0 Å². The molecule has 17 heavy (non-hydrogen) atoms. The number of nitrogens with zero attached hydrogens (tertiary/aromatic N) is 2. The maximum Gasteiger partial charge on any atom is 0.284 e. The number of aromatic nitrogens is 1. The molecule has 1 saturated heterocycles. The number of rotatable bonds is 2. The molecule has 1 aliphatic heterocycles. The third-order valence-corrected chi connectivity index (χ3v) is 3.21. The van der Waals surface area contributed by atoms with E-state index in [0.717, 1.165) is 13.0 Å². The van der Waals surface area contributed by atoms with Crippen molar-refractivity contribution in [3.05, 3.63) is 30.1 Å². The first-order valence-corrected chi connectivity index (χ1v) is 5.99. The first-order valence-electron chi connectivity index (χ1n) is 5.99. The average Bonchev–Trinajstić information content (AvgIpc) is 2.53. The minimum absolute atomic E-state index is 0.0177. The topological polar surface area (TPSA) is 45.2 Å². The van der Waals surface area contributed by atoms with Gasteiger partial charge in [-0.05, 0) is 38.3 Å². The molecule has 1 amide bonds. The Labute approximate surface area is 102 Å². The van der Waals surface area contributed by atoms with Crippen molar-refractivity contribution in [2.45, 2.75) is 32.7 Å². The zero-order valence-electron chi connectivity index (χ0n) is 10.6. The molecule has 0 bridgehead atoms. The number of hydrogen-bond acceptors (Lipinski definition) is 3. The Kier molecular flexibility index (Phi) is 3.15. The molecular formula is C13H19N3O. The Balaban J connectivity index is 2.05. The van der Waals surface area contributed by atoms with Crippen LogP contribution in [0.2, 0.25) is 0 Å². The summed E-state index contributed by atoms with van der Waals surface area (Å²) in [6, 6.07) is 5.35. The fourth-order valence-corrected chi connectivity index (χ4v) is 2.46. The summed E-state index contributed by atoms with van der Waals surface area (Å²) in [6.07, 6.45) is 2.72. The quantitative estimate of drug-likeness (QED) is 0.848. The average molecular weight is 233 g/mol. The third-order valence-electron chi connectivity index (χ3n) is 3.21. The summed E-state index contributed by atoms with van der Waals surface area (Å²) in [5.41, 5.74) is 3.43. The number of nitrogens with one attached hydrogen (secondary N) is 1. The first kappa shape index (κ1) is 12.0. The zero-order valence-corrected chi connectivity index (χ0v) is 10.6. The maximum atomic E-state index is 12.0. The van der Waals surface area contributed by atoms with Crippen LogP contribution in [0.1, 0.15) is 37.7 Å². The van der Waals surface area contributed by atoms with Gasteiger partial charge in [0.25, 0.3) is 5.91 Å². The summed E-state index contributed by atoms with van der Waals surface area (Å²) in [4.78, 5) is 16.0. The van der Waals surface area contributed by atoms with Gasteiger partial charge in [0.2, 0.25) is 0 Å². The summed E-state index contributed by atoms with van der Waals surface area (Å²) in [7, 11) is 0. The van der Waals surface area contributed by atoms with Crippen molar-refractivity contribution >= 4 is 5.91 Å². The molecule has 0 aromatic carbocycles. The molecule has 0 saturated carbocycles. The zero-order chi connectivity index (χ0) is 12.5. The predicted molar refractivity (Wildman–Crippen MR) is 66.3 cm³/mol. The molecule has 0 radical (unpaired) electrons. The van der Waals surface area contributed by atoms with Crippen LogP contribution < -0.4 is 5.43 Å². The van der Waals surface area contributed by atoms with Crippen LogP contribution in [0, 0.1) is 5.92 Å². The predicted octanol–water partition coefficient (Wildman–Crippen LogP) is 1.85. The molecule has 1 atom stereocenters. The molecular weight excluding hydrogens is 214 g/mol. The molecule has 0 aliphatic carbocycles. The van der Waals surface area contributed by atoms with Crippen molar-refractivity contribution in [1.82, 2.24) is 15.4 Å². The van der Waals surface area contributed by atoms with Gasteiger partial charge in [0.1, 0.15) is 5.69 Å². The summed E-state index contributed by atoms with van der Waals surface area (Å²) < 4.78 is 0. The van der Waals surface area contributed by atoms with Crippen molar-refractivity contribution in [3.8, 4) is 0 Å². The van der Waals surface area contributed by atoms with Gasteiger partial charge in [0.15, 0.2) is 0 Å². The minimum Gasteiger partial charge on any atom is -0.283 e. The molecule has 1 N–H and O–H groups in total. The Morgan fingerprint density at radius 3 is 2.82 bits per heavy atom. The van der Waals surface area contributed by atoms with Crippen LogP contribution in [-0.4, -0.2) is 28.0 Å². The van der Waals surface area contributed by atoms with Crippen LogP contribution >= 0.6 is 0 Å². The lowest BCUT2D eigenvalue weighted by Crippen LogP contribution is -2.50. The van der Waals surface area contributed by atoms with Crippen molar-refractivity contribution in [2.24, 2.45) is 5.92 Å². The van der Waals surface area contributed by atoms with Gasteiger partial charge in [-0.25, -0.2) is 5.01 Å². The van der Waals surface area contributed by atoms with E-state index in [1.54, 1.807) is 18.3 Å². The summed E-state index contributed by atoms with van der Waals surface area (Å²) in [5, 5.41) is 2.02. The smallest absolute Gasteiger partial charge is 0.283 e. The molecule has 0 unspecified atom stereocenters. The molecule has 1 aromatic rings. The fraction of sp³-hybridized carbons (Fsp3) is 0.538. The van der Waals surface area contributed by atoms with Crippen LogP contribution in [0.5, 0.6) is 0 Å². The van der Waals surface area contributed by atoms with E-state index in [9.17, 15) is 4.79 Å². The van der Waals surface area contributed by atoms with Crippen molar-refractivity contribution < 1.29 is 4.79 Å². The highest BCUT2D eigenvalue weighted by atomic mass is 16.2. The van der Waals surface area contributed by atoms with E-state index in [0.29, 0.717) is 11.6 Å². The molecule has 0 spiro atoms. The second-order valence-electron chi connectivity index (χ2n) is 5.39. The van der Waals surface area contributed by atoms with Gasteiger partial charge in [-0.2, -0.15) is 0 Å². The van der Waals surface area contributed by atoms with E-state index >= 15 is 0 Å². The SMILES string of the molecule is C[C@@H]1CN(NC(=O)c2ccccn2)C(C)(C)C1. The molecule has 4 heteroatoms. The van der Waals surface area contributed by atoms with Crippen LogP contribution in [0.15, 0.2) is 24.4 Å². The van der Waals surface area contributed by atoms with Crippen LogP contribution in [-0.2, 0) is 0 Å². The molecule has 1 aromatic heterocycles. The lowest BCUT2D eigenvalue weighted by Gasteiger charge is -2.31. The highest BCUT2D eigenvalue weighted by Crippen LogP contribution is 2.30. The van der Waals surface area contributed by atoms with Gasteiger partial charge < -0.3 is 0 Å². The third kappa shape index (κ3) is 2.64. The Morgan fingerprint density at radius 1 is 1.53 bits per heavy atom. The lowest BCUT2D eigenvalue weighted by atomic mass is 9.98. The van der Waals surface area contributed by atoms with Gasteiger partial charge in [-0.3, -0.25) is 15.2 Å². The van der Waals surface area contributed by atoms with E-state index < -0.39 is 0 Å². The number of carbonyl (C=O) groups excluding carboxylic acids is 1. The number of hydrogen-bond donors (Lipinski definition) is 1. The van der Waals surface area contributed by atoms with Gasteiger partial charge >= 0.3 is 0 Å². The largest absolute Gasteiger partial charge is 0.284 e. The Morgan fingerprint density at radius 2 is 2.29 bits per heavy atom. The molecule has 2 heterocycles. The normalized spacial score (nSPS) is 23.6. The Hall–Kier alpha value is -1.42. The molecule has 2 rings (SSSR count). The number of hydrazine groups is 1. The van der Waals surface area contributed by atoms with Crippen molar-refractivity contribution in [2.75, 3.05) is 6.54 Å². The van der Waals surface area contributed by atoms with E-state index in [4.69, 9.17) is 0 Å². The molecule has 1 aliphatic rings. The van der Waals surface area contributed by atoms with Crippen molar-refractivity contribution in [3.63, 3.8) is 0 Å². The van der Waals surface area contributed by atoms with E-state index in [-0.39, 0.29) is 11.4 Å². The maximum absolute atomic E-state index is 12.0. The van der Waals surface area contributed by atoms with Gasteiger partial charge in [0, 0.05) is 18.3 Å². The number of amides is 1. The van der Waals surface area contributed by atoms with Gasteiger partial charge in [-0.1, -0.05) is 13.0 Å². The fourth-order valence-electron chi connectivity index (χ4n) is 2.46. The Bertz CT molecular complexity index is 402.